The first-order chi connectivity index (χ1) is 11.1. The Morgan fingerprint density at radius 2 is 1.91 bits per heavy atom. The molecule has 1 N–H and O–H groups in total. The van der Waals surface area contributed by atoms with Gasteiger partial charge >= 0.3 is 0 Å². The summed E-state index contributed by atoms with van der Waals surface area (Å²) in [7, 11) is 0. The number of ketones is 1. The number of phenolic OH excluding ortho intramolecular Hbond substituents is 1. The average molecular weight is 305 g/mol. The van der Waals surface area contributed by atoms with Crippen molar-refractivity contribution in [2.75, 3.05) is 0 Å². The first-order valence-corrected chi connectivity index (χ1v) is 7.15. The van der Waals surface area contributed by atoms with Crippen LogP contribution in [0.3, 0.4) is 0 Å². The van der Waals surface area contributed by atoms with Crippen LogP contribution in [0, 0.1) is 13.8 Å². The minimum Gasteiger partial charge on any atom is -0.507 e. The number of nitrogens with zero attached hydrogens (tertiary/aromatic N) is 3. The summed E-state index contributed by atoms with van der Waals surface area (Å²) in [5, 5.41) is 18.2. The van der Waals surface area contributed by atoms with E-state index in [4.69, 9.17) is 0 Å². The summed E-state index contributed by atoms with van der Waals surface area (Å²) in [5.41, 5.74) is 3.61. The molecule has 0 saturated carbocycles. The fourth-order valence-corrected chi connectivity index (χ4v) is 2.35. The molecule has 114 valence electrons. The number of aromatic nitrogens is 3. The van der Waals surface area contributed by atoms with E-state index in [9.17, 15) is 9.90 Å². The Balaban J connectivity index is 2.00. The van der Waals surface area contributed by atoms with Gasteiger partial charge < -0.3 is 5.11 Å². The molecule has 0 spiro atoms. The molecule has 0 atom stereocenters. The second-order valence-corrected chi connectivity index (χ2v) is 5.35. The zero-order valence-corrected chi connectivity index (χ0v) is 12.8. The molecule has 23 heavy (non-hydrogen) atoms. The van der Waals surface area contributed by atoms with E-state index in [0.717, 1.165) is 11.1 Å². The molecule has 0 aliphatic carbocycles. The Hall–Kier alpha value is -3.08. The van der Waals surface area contributed by atoms with Crippen LogP contribution in [0.4, 0.5) is 0 Å². The van der Waals surface area contributed by atoms with Crippen molar-refractivity contribution >= 4 is 5.78 Å². The molecule has 0 bridgehead atoms. The summed E-state index contributed by atoms with van der Waals surface area (Å²) in [6.45, 7) is 3.74. The highest BCUT2D eigenvalue weighted by atomic mass is 16.3. The summed E-state index contributed by atoms with van der Waals surface area (Å²) in [5.74, 6) is -0.0814. The van der Waals surface area contributed by atoms with Crippen molar-refractivity contribution < 1.29 is 9.90 Å². The lowest BCUT2D eigenvalue weighted by atomic mass is 10.0. The van der Waals surface area contributed by atoms with Crippen LogP contribution >= 0.6 is 0 Å². The second-order valence-electron chi connectivity index (χ2n) is 5.35. The van der Waals surface area contributed by atoms with Crippen molar-refractivity contribution in [3.63, 3.8) is 0 Å². The van der Waals surface area contributed by atoms with E-state index in [1.165, 1.54) is 6.20 Å². The molecule has 0 unspecified atom stereocenters. The van der Waals surface area contributed by atoms with Crippen molar-refractivity contribution in [2.45, 2.75) is 13.8 Å². The monoisotopic (exact) mass is 305 g/mol. The molecule has 2 heterocycles. The Morgan fingerprint density at radius 1 is 1.09 bits per heavy atom. The zero-order chi connectivity index (χ0) is 16.4. The third-order valence-electron chi connectivity index (χ3n) is 3.55. The van der Waals surface area contributed by atoms with Gasteiger partial charge in [-0.25, -0.2) is 0 Å². The van der Waals surface area contributed by atoms with Crippen molar-refractivity contribution in [1.29, 1.82) is 0 Å². The van der Waals surface area contributed by atoms with Gasteiger partial charge in [0.05, 0.1) is 5.69 Å². The number of pyridine rings is 1. The van der Waals surface area contributed by atoms with E-state index >= 15 is 0 Å². The number of carbonyl (C=O) groups excluding carboxylic acids is 1. The van der Waals surface area contributed by atoms with E-state index in [-0.39, 0.29) is 17.2 Å². The molecule has 0 saturated heterocycles. The van der Waals surface area contributed by atoms with Crippen LogP contribution in [-0.2, 0) is 0 Å². The fourth-order valence-electron chi connectivity index (χ4n) is 2.35. The Bertz CT molecular complexity index is 877. The maximum atomic E-state index is 12.4. The van der Waals surface area contributed by atoms with Gasteiger partial charge in [-0.05, 0) is 55.3 Å². The van der Waals surface area contributed by atoms with E-state index in [1.54, 1.807) is 36.5 Å². The van der Waals surface area contributed by atoms with Crippen LogP contribution in [0.25, 0.3) is 11.3 Å². The molecule has 0 aliphatic heterocycles. The normalized spacial score (nSPS) is 10.5. The van der Waals surface area contributed by atoms with E-state index in [0.29, 0.717) is 16.8 Å². The van der Waals surface area contributed by atoms with Gasteiger partial charge in [0.1, 0.15) is 11.4 Å². The molecule has 0 fully saturated rings. The van der Waals surface area contributed by atoms with Crippen molar-refractivity contribution in [3.8, 4) is 17.0 Å². The minimum atomic E-state index is -0.228. The van der Waals surface area contributed by atoms with Crippen LogP contribution in [0.2, 0.25) is 0 Å². The number of hydrogen-bond acceptors (Lipinski definition) is 5. The SMILES string of the molecule is Cc1ccc(-c2nnc(C(=O)c3cccnc3)cc2C)c(O)c1. The number of benzene rings is 1. The highest BCUT2D eigenvalue weighted by Crippen LogP contribution is 2.30. The molecule has 3 rings (SSSR count). The fraction of sp³-hybridized carbons (Fsp3) is 0.111. The maximum Gasteiger partial charge on any atom is 0.214 e. The van der Waals surface area contributed by atoms with Gasteiger partial charge in [0, 0.05) is 23.5 Å². The predicted molar refractivity (Wildman–Crippen MR) is 86.3 cm³/mol. The number of rotatable bonds is 3. The largest absolute Gasteiger partial charge is 0.507 e. The summed E-state index contributed by atoms with van der Waals surface area (Å²) in [6.07, 6.45) is 3.11. The highest BCUT2D eigenvalue weighted by molar-refractivity contribution is 6.07. The smallest absolute Gasteiger partial charge is 0.214 e. The lowest BCUT2D eigenvalue weighted by Gasteiger charge is -2.08. The molecule has 0 aliphatic rings. The van der Waals surface area contributed by atoms with Crippen molar-refractivity contribution in [1.82, 2.24) is 15.2 Å². The lowest BCUT2D eigenvalue weighted by molar-refractivity contribution is 0.103. The van der Waals surface area contributed by atoms with Crippen LogP contribution in [0.1, 0.15) is 27.2 Å². The number of aromatic hydroxyl groups is 1. The summed E-state index contributed by atoms with van der Waals surface area (Å²) in [6, 6.07) is 10.4. The minimum absolute atomic E-state index is 0.147. The van der Waals surface area contributed by atoms with Crippen LogP contribution in [0.15, 0.2) is 48.8 Å². The highest BCUT2D eigenvalue weighted by Gasteiger charge is 2.15. The van der Waals surface area contributed by atoms with Crippen LogP contribution < -0.4 is 0 Å². The van der Waals surface area contributed by atoms with Crippen LogP contribution in [-0.4, -0.2) is 26.1 Å². The molecule has 3 aromatic rings. The zero-order valence-electron chi connectivity index (χ0n) is 12.8. The Kier molecular flexibility index (Phi) is 3.85. The molecular weight excluding hydrogens is 290 g/mol. The standard InChI is InChI=1S/C18H15N3O2/c1-11-5-6-14(16(22)8-11)17-12(2)9-15(20-21-17)18(23)13-4-3-7-19-10-13/h3-10,22H,1-2H3. The van der Waals surface area contributed by atoms with Gasteiger partial charge in [0.2, 0.25) is 5.78 Å². The third-order valence-corrected chi connectivity index (χ3v) is 3.55. The topological polar surface area (TPSA) is 76.0 Å². The summed E-state index contributed by atoms with van der Waals surface area (Å²) in [4.78, 5) is 16.3. The molecule has 0 amide bonds. The quantitative estimate of drug-likeness (QED) is 0.752. The summed E-state index contributed by atoms with van der Waals surface area (Å²) >= 11 is 0. The molecule has 5 heteroatoms. The Morgan fingerprint density at radius 3 is 2.57 bits per heavy atom. The van der Waals surface area contributed by atoms with Crippen LogP contribution in [0.5, 0.6) is 5.75 Å². The predicted octanol–water partition coefficient (Wildman–Crippen LogP) is 3.09. The summed E-state index contributed by atoms with van der Waals surface area (Å²) < 4.78 is 0. The van der Waals surface area contributed by atoms with Gasteiger partial charge in [0.25, 0.3) is 0 Å². The van der Waals surface area contributed by atoms with E-state index in [2.05, 4.69) is 15.2 Å². The van der Waals surface area contributed by atoms with E-state index < -0.39 is 0 Å². The van der Waals surface area contributed by atoms with Gasteiger partial charge in [-0.3, -0.25) is 9.78 Å². The maximum absolute atomic E-state index is 12.4. The molecule has 0 radical (unpaired) electrons. The van der Waals surface area contributed by atoms with Gasteiger partial charge in [-0.15, -0.1) is 10.2 Å². The number of phenols is 1. The van der Waals surface area contributed by atoms with Crippen molar-refractivity contribution in [3.05, 3.63) is 71.2 Å². The number of hydrogen-bond donors (Lipinski definition) is 1. The average Bonchev–Trinajstić information content (AvgIpc) is 2.55. The number of carbonyl (C=O) groups is 1. The first kappa shape index (κ1) is 14.8. The second kappa shape index (κ2) is 5.96. The van der Waals surface area contributed by atoms with Gasteiger partial charge in [-0.2, -0.15) is 0 Å². The third kappa shape index (κ3) is 2.94. The van der Waals surface area contributed by atoms with E-state index in [1.807, 2.05) is 19.9 Å². The number of aryl methyl sites for hydroxylation is 2. The first-order valence-electron chi connectivity index (χ1n) is 7.15. The molecular formula is C18H15N3O2. The molecule has 1 aromatic carbocycles. The lowest BCUT2D eigenvalue weighted by Crippen LogP contribution is -2.07. The Labute approximate surface area is 133 Å². The van der Waals surface area contributed by atoms with Gasteiger partial charge in [-0.1, -0.05) is 6.07 Å². The molecule has 5 nitrogen and oxygen atoms in total. The van der Waals surface area contributed by atoms with Crippen molar-refractivity contribution in [2.24, 2.45) is 0 Å². The molecule has 2 aromatic heterocycles. The van der Waals surface area contributed by atoms with Gasteiger partial charge in [0.15, 0.2) is 0 Å².